The van der Waals surface area contributed by atoms with Crippen LogP contribution >= 0.6 is 34.4 Å². The number of thiophene rings is 2. The molecule has 0 radical (unpaired) electrons. The molecule has 3 heterocycles. The van der Waals surface area contributed by atoms with E-state index in [1.807, 2.05) is 23.9 Å². The van der Waals surface area contributed by atoms with Crippen LogP contribution in [-0.4, -0.2) is 51.6 Å². The highest BCUT2D eigenvalue weighted by Crippen LogP contribution is 2.35. The molecule has 34 heavy (non-hydrogen) atoms. The number of nitrogens with one attached hydrogen (secondary N) is 1. The van der Waals surface area contributed by atoms with Crippen molar-refractivity contribution in [3.05, 3.63) is 31.8 Å². The van der Waals surface area contributed by atoms with Gasteiger partial charge in [0.25, 0.3) is 0 Å². The Hall–Kier alpha value is -2.70. The lowest BCUT2D eigenvalue weighted by Gasteiger charge is -2.07. The molecule has 0 spiro atoms. The number of nitrogens with zero attached hydrogens (tertiary/aromatic N) is 3. The lowest BCUT2D eigenvalue weighted by molar-refractivity contribution is -0.113. The van der Waals surface area contributed by atoms with Crippen molar-refractivity contribution < 1.29 is 23.9 Å². The first kappa shape index (κ1) is 25.9. The van der Waals surface area contributed by atoms with Gasteiger partial charge in [-0.05, 0) is 45.7 Å². The van der Waals surface area contributed by atoms with Crippen LogP contribution in [-0.2, 0) is 21.3 Å². The van der Waals surface area contributed by atoms with E-state index in [4.69, 9.17) is 9.47 Å². The molecule has 0 aliphatic carbocycles. The molecule has 0 aliphatic rings. The highest BCUT2D eigenvalue weighted by molar-refractivity contribution is 7.99. The molecule has 9 nitrogen and oxygen atoms in total. The summed E-state index contributed by atoms with van der Waals surface area (Å²) in [6, 6.07) is 0. The van der Waals surface area contributed by atoms with E-state index in [2.05, 4.69) is 22.4 Å². The number of carbonyl (C=O) groups is 3. The number of thioether (sulfide) groups is 1. The van der Waals surface area contributed by atoms with Crippen LogP contribution in [0.2, 0.25) is 0 Å². The van der Waals surface area contributed by atoms with E-state index in [0.717, 1.165) is 28.3 Å². The Morgan fingerprint density at radius 2 is 1.74 bits per heavy atom. The molecular weight excluding hydrogens is 496 g/mol. The van der Waals surface area contributed by atoms with E-state index in [1.54, 1.807) is 32.1 Å². The Bertz CT molecular complexity index is 1230. The molecule has 0 saturated carbocycles. The topological polar surface area (TPSA) is 112 Å². The second-order valence-corrected chi connectivity index (χ2v) is 10.3. The van der Waals surface area contributed by atoms with Crippen molar-refractivity contribution in [2.45, 2.75) is 39.8 Å². The first-order valence-corrected chi connectivity index (χ1v) is 13.2. The highest BCUT2D eigenvalue weighted by Gasteiger charge is 2.27. The minimum absolute atomic E-state index is 0.0432. The summed E-state index contributed by atoms with van der Waals surface area (Å²) in [6.45, 7) is 9.50. The molecule has 0 fully saturated rings. The summed E-state index contributed by atoms with van der Waals surface area (Å²) in [5, 5.41) is 14.1. The molecule has 0 bridgehead atoms. The van der Waals surface area contributed by atoms with Crippen LogP contribution < -0.4 is 5.32 Å². The molecule has 3 aromatic heterocycles. The molecule has 1 amide bonds. The number of esters is 2. The molecule has 0 aromatic carbocycles. The van der Waals surface area contributed by atoms with Crippen LogP contribution in [0.1, 0.15) is 49.9 Å². The van der Waals surface area contributed by atoms with Crippen LogP contribution in [0.25, 0.3) is 11.4 Å². The molecule has 182 valence electrons. The number of carbonyl (C=O) groups excluding carboxylic acids is 3. The van der Waals surface area contributed by atoms with E-state index < -0.39 is 11.9 Å². The van der Waals surface area contributed by atoms with E-state index in [0.29, 0.717) is 10.7 Å². The van der Waals surface area contributed by atoms with E-state index >= 15 is 0 Å². The van der Waals surface area contributed by atoms with Gasteiger partial charge in [0.2, 0.25) is 5.91 Å². The Balaban J connectivity index is 1.76. The number of hydrogen-bond acceptors (Lipinski definition) is 10. The maximum Gasteiger partial charge on any atom is 0.348 e. The molecule has 3 aromatic rings. The zero-order chi connectivity index (χ0) is 25.0. The first-order chi connectivity index (χ1) is 16.2. The predicted molar refractivity (Wildman–Crippen MR) is 134 cm³/mol. The lowest BCUT2D eigenvalue weighted by atomic mass is 10.1. The van der Waals surface area contributed by atoms with Crippen LogP contribution in [0.5, 0.6) is 0 Å². The third-order valence-corrected chi connectivity index (χ3v) is 8.25. The Morgan fingerprint density at radius 1 is 1.06 bits per heavy atom. The number of rotatable bonds is 9. The van der Waals surface area contributed by atoms with Crippen LogP contribution in [0, 0.1) is 20.8 Å². The number of hydrogen-bond donors (Lipinski definition) is 1. The van der Waals surface area contributed by atoms with Gasteiger partial charge in [0.15, 0.2) is 11.0 Å². The van der Waals surface area contributed by atoms with Crippen molar-refractivity contribution in [1.82, 2.24) is 14.8 Å². The van der Waals surface area contributed by atoms with Gasteiger partial charge < -0.3 is 19.4 Å². The molecule has 0 atom stereocenters. The molecule has 12 heteroatoms. The zero-order valence-electron chi connectivity index (χ0n) is 19.8. The maximum absolute atomic E-state index is 12.7. The summed E-state index contributed by atoms with van der Waals surface area (Å²) in [4.78, 5) is 39.0. The second-order valence-electron chi connectivity index (χ2n) is 7.23. The fraction of sp³-hybridized carbons (Fsp3) is 0.409. The number of ether oxygens (including phenoxy) is 2. The fourth-order valence-electron chi connectivity index (χ4n) is 3.14. The van der Waals surface area contributed by atoms with Gasteiger partial charge in [0, 0.05) is 22.9 Å². The van der Waals surface area contributed by atoms with Crippen molar-refractivity contribution >= 4 is 57.3 Å². The normalized spacial score (nSPS) is 10.9. The van der Waals surface area contributed by atoms with E-state index in [9.17, 15) is 14.4 Å². The summed E-state index contributed by atoms with van der Waals surface area (Å²) in [5.74, 6) is -0.714. The molecule has 3 rings (SSSR count). The third-order valence-electron chi connectivity index (χ3n) is 5.03. The van der Waals surface area contributed by atoms with Crippen LogP contribution in [0.3, 0.4) is 0 Å². The van der Waals surface area contributed by atoms with Gasteiger partial charge in [-0.3, -0.25) is 4.79 Å². The van der Waals surface area contributed by atoms with E-state index in [-0.39, 0.29) is 40.3 Å². The molecule has 1 N–H and O–H groups in total. The number of anilines is 1. The smallest absolute Gasteiger partial charge is 0.348 e. The van der Waals surface area contributed by atoms with Gasteiger partial charge in [0.1, 0.15) is 9.88 Å². The van der Waals surface area contributed by atoms with Crippen molar-refractivity contribution in [2.75, 3.05) is 24.3 Å². The average Bonchev–Trinajstić information content (AvgIpc) is 3.42. The number of amides is 1. The molecule has 0 aliphatic heterocycles. The third kappa shape index (κ3) is 5.34. The summed E-state index contributed by atoms with van der Waals surface area (Å²) < 4.78 is 12.0. The van der Waals surface area contributed by atoms with Crippen LogP contribution in [0.4, 0.5) is 5.00 Å². The second kappa shape index (κ2) is 11.2. The van der Waals surface area contributed by atoms with Crippen molar-refractivity contribution in [2.24, 2.45) is 7.05 Å². The number of aryl methyl sites for hydroxylation is 1. The van der Waals surface area contributed by atoms with Crippen LogP contribution in [0.15, 0.2) is 10.5 Å². The number of aromatic nitrogens is 3. The zero-order valence-corrected chi connectivity index (χ0v) is 22.3. The van der Waals surface area contributed by atoms with Gasteiger partial charge in [-0.1, -0.05) is 11.8 Å². The highest BCUT2D eigenvalue weighted by atomic mass is 32.2. The molecule has 0 saturated heterocycles. The van der Waals surface area contributed by atoms with Gasteiger partial charge >= 0.3 is 11.9 Å². The summed E-state index contributed by atoms with van der Waals surface area (Å²) >= 11 is 3.89. The molecule has 0 unspecified atom stereocenters. The van der Waals surface area contributed by atoms with Gasteiger partial charge in [-0.25, -0.2) is 9.59 Å². The van der Waals surface area contributed by atoms with Crippen molar-refractivity contribution in [3.63, 3.8) is 0 Å². The quantitative estimate of drug-likeness (QED) is 0.320. The van der Waals surface area contributed by atoms with Crippen molar-refractivity contribution in [1.29, 1.82) is 0 Å². The maximum atomic E-state index is 12.7. The van der Waals surface area contributed by atoms with Crippen molar-refractivity contribution in [3.8, 4) is 11.4 Å². The van der Waals surface area contributed by atoms with Gasteiger partial charge in [-0.2, -0.15) is 0 Å². The van der Waals surface area contributed by atoms with Gasteiger partial charge in [-0.15, -0.1) is 32.9 Å². The Morgan fingerprint density at radius 3 is 2.35 bits per heavy atom. The minimum atomic E-state index is -0.603. The minimum Gasteiger partial charge on any atom is -0.462 e. The van der Waals surface area contributed by atoms with Gasteiger partial charge in [0.05, 0.1) is 24.5 Å². The standard InChI is InChI=1S/C22H26N4O5S3/c1-7-30-20(28)16-12(4)17(21(29)31-8-2)34-19(16)23-15(27)10-33-22-25-24-18(26(22)6)14-9-32-13(5)11(14)3/h9H,7-8,10H2,1-6H3,(H,23,27). The lowest BCUT2D eigenvalue weighted by Crippen LogP contribution is -2.16. The SMILES string of the molecule is CCOC(=O)c1sc(NC(=O)CSc2nnc(-c3csc(C)c3C)n2C)c(C(=O)OCC)c1C. The Labute approximate surface area is 209 Å². The largest absolute Gasteiger partial charge is 0.462 e. The summed E-state index contributed by atoms with van der Waals surface area (Å²) in [7, 11) is 1.86. The summed E-state index contributed by atoms with van der Waals surface area (Å²) in [6.07, 6.45) is 0. The average molecular weight is 523 g/mol. The summed E-state index contributed by atoms with van der Waals surface area (Å²) in [5.41, 5.74) is 2.77. The molecular formula is C22H26N4O5S3. The fourth-order valence-corrected chi connectivity index (χ4v) is 5.82. The monoisotopic (exact) mass is 522 g/mol. The Kier molecular flexibility index (Phi) is 8.50. The first-order valence-electron chi connectivity index (χ1n) is 10.5. The van der Waals surface area contributed by atoms with E-state index in [1.165, 1.54) is 16.6 Å². The predicted octanol–water partition coefficient (Wildman–Crippen LogP) is 4.61.